The molecule has 1 aliphatic rings. The van der Waals surface area contributed by atoms with Crippen molar-refractivity contribution in [1.29, 1.82) is 0 Å². The van der Waals surface area contributed by atoms with Crippen LogP contribution in [0.5, 0.6) is 0 Å². The summed E-state index contributed by atoms with van der Waals surface area (Å²) in [6.45, 7) is 3.18. The number of amides is 1. The van der Waals surface area contributed by atoms with Crippen molar-refractivity contribution in [2.24, 2.45) is 0 Å². The highest BCUT2D eigenvalue weighted by Gasteiger charge is 2.27. The van der Waals surface area contributed by atoms with Crippen LogP contribution >= 0.6 is 12.4 Å². The number of carbonyl (C=O) groups is 1. The third-order valence-corrected chi connectivity index (χ3v) is 3.33. The second-order valence-corrected chi connectivity index (χ2v) is 4.75. The number of nitrogens with one attached hydrogen (secondary N) is 2. The maximum absolute atomic E-state index is 13.4. The van der Waals surface area contributed by atoms with Gasteiger partial charge < -0.3 is 15.4 Å². The molecule has 1 aromatic carbocycles. The molecule has 1 aliphatic heterocycles. The monoisotopic (exact) mass is 320 g/mol. The van der Waals surface area contributed by atoms with Gasteiger partial charge in [0.25, 0.3) is 0 Å². The van der Waals surface area contributed by atoms with Gasteiger partial charge in [0.2, 0.25) is 5.91 Å². The van der Waals surface area contributed by atoms with Gasteiger partial charge in [0.05, 0.1) is 12.7 Å². The molecule has 0 bridgehead atoms. The van der Waals surface area contributed by atoms with Crippen molar-refractivity contribution >= 4 is 18.3 Å². The number of hydrogen-bond donors (Lipinski definition) is 2. The standard InChI is InChI=1S/C14H18F2N2O2.ClH/c1-9-13(17-7-8-20-9)14(19)18-6-5-10-11(15)3-2-4-12(10)16;/h2-4,9,13,17H,5-8H2,1H3,(H,18,19);1H/t9-,13+;/m1./s1. The van der Waals surface area contributed by atoms with Crippen LogP contribution < -0.4 is 10.6 Å². The van der Waals surface area contributed by atoms with E-state index in [9.17, 15) is 13.6 Å². The van der Waals surface area contributed by atoms with E-state index in [0.29, 0.717) is 13.2 Å². The molecule has 1 amide bonds. The first-order valence-electron chi connectivity index (χ1n) is 6.65. The molecule has 0 spiro atoms. The largest absolute Gasteiger partial charge is 0.375 e. The Morgan fingerprint density at radius 2 is 2.10 bits per heavy atom. The predicted octanol–water partition coefficient (Wildman–Crippen LogP) is 1.42. The first kappa shape index (κ1) is 17.8. The Hall–Kier alpha value is -1.24. The summed E-state index contributed by atoms with van der Waals surface area (Å²) in [5, 5.41) is 5.73. The van der Waals surface area contributed by atoms with Gasteiger partial charge in [-0.15, -0.1) is 12.4 Å². The molecule has 1 aromatic rings. The molecule has 0 unspecified atom stereocenters. The van der Waals surface area contributed by atoms with Crippen LogP contribution in [0, 0.1) is 11.6 Å². The Morgan fingerprint density at radius 3 is 2.71 bits per heavy atom. The molecule has 2 rings (SSSR count). The van der Waals surface area contributed by atoms with Crippen molar-refractivity contribution in [3.63, 3.8) is 0 Å². The lowest BCUT2D eigenvalue weighted by Gasteiger charge is -2.29. The van der Waals surface area contributed by atoms with Gasteiger partial charge in [-0.1, -0.05) is 6.07 Å². The van der Waals surface area contributed by atoms with Crippen LogP contribution in [0.4, 0.5) is 8.78 Å². The summed E-state index contributed by atoms with van der Waals surface area (Å²) < 4.78 is 32.2. The van der Waals surface area contributed by atoms with Crippen LogP contribution in [-0.4, -0.2) is 37.7 Å². The highest BCUT2D eigenvalue weighted by atomic mass is 35.5. The van der Waals surface area contributed by atoms with Gasteiger partial charge in [-0.25, -0.2) is 8.78 Å². The zero-order valence-electron chi connectivity index (χ0n) is 11.7. The lowest BCUT2D eigenvalue weighted by atomic mass is 10.1. The number of hydrogen-bond acceptors (Lipinski definition) is 3. The minimum absolute atomic E-state index is 0. The van der Waals surface area contributed by atoms with Crippen LogP contribution in [0.2, 0.25) is 0 Å². The Balaban J connectivity index is 0.00000220. The molecule has 21 heavy (non-hydrogen) atoms. The molecule has 0 aromatic heterocycles. The van der Waals surface area contributed by atoms with Crippen LogP contribution in [0.3, 0.4) is 0 Å². The van der Waals surface area contributed by atoms with Crippen LogP contribution in [-0.2, 0) is 16.0 Å². The molecule has 1 fully saturated rings. The third-order valence-electron chi connectivity index (χ3n) is 3.33. The van der Waals surface area contributed by atoms with Gasteiger partial charge in [-0.2, -0.15) is 0 Å². The Labute approximate surface area is 128 Å². The first-order chi connectivity index (χ1) is 9.59. The second-order valence-electron chi connectivity index (χ2n) is 4.75. The van der Waals surface area contributed by atoms with Gasteiger partial charge in [0, 0.05) is 18.7 Å². The molecule has 2 atom stereocenters. The topological polar surface area (TPSA) is 50.4 Å². The molecule has 0 aliphatic carbocycles. The van der Waals surface area contributed by atoms with Gasteiger partial charge >= 0.3 is 0 Å². The Morgan fingerprint density at radius 1 is 1.43 bits per heavy atom. The number of morpholine rings is 1. The van der Waals surface area contributed by atoms with Gasteiger partial charge in [0.1, 0.15) is 17.7 Å². The van der Waals surface area contributed by atoms with E-state index in [4.69, 9.17) is 4.74 Å². The van der Waals surface area contributed by atoms with E-state index in [1.807, 2.05) is 6.92 Å². The summed E-state index contributed by atoms with van der Waals surface area (Å²) in [4.78, 5) is 11.9. The van der Waals surface area contributed by atoms with E-state index in [2.05, 4.69) is 10.6 Å². The predicted molar refractivity (Wildman–Crippen MR) is 77.5 cm³/mol. The van der Waals surface area contributed by atoms with Gasteiger partial charge in [0.15, 0.2) is 0 Å². The molecule has 0 radical (unpaired) electrons. The molecule has 7 heteroatoms. The number of ether oxygens (including phenoxy) is 1. The van der Waals surface area contributed by atoms with E-state index >= 15 is 0 Å². The zero-order valence-corrected chi connectivity index (χ0v) is 12.5. The highest BCUT2D eigenvalue weighted by Crippen LogP contribution is 2.12. The van der Waals surface area contributed by atoms with Crippen molar-refractivity contribution in [3.8, 4) is 0 Å². The molecular weight excluding hydrogens is 302 g/mol. The second kappa shape index (κ2) is 8.26. The maximum Gasteiger partial charge on any atom is 0.239 e. The van der Waals surface area contributed by atoms with Crippen molar-refractivity contribution in [1.82, 2.24) is 10.6 Å². The lowest BCUT2D eigenvalue weighted by Crippen LogP contribution is -2.55. The average molecular weight is 321 g/mol. The van der Waals surface area contributed by atoms with Crippen molar-refractivity contribution in [2.45, 2.75) is 25.5 Å². The van der Waals surface area contributed by atoms with E-state index < -0.39 is 17.7 Å². The van der Waals surface area contributed by atoms with E-state index in [1.54, 1.807) is 0 Å². The van der Waals surface area contributed by atoms with Crippen LogP contribution in [0.25, 0.3) is 0 Å². The van der Waals surface area contributed by atoms with Crippen molar-refractivity contribution < 1.29 is 18.3 Å². The first-order valence-corrected chi connectivity index (χ1v) is 6.65. The molecule has 4 nitrogen and oxygen atoms in total. The Kier molecular flexibility index (Phi) is 7.01. The summed E-state index contributed by atoms with van der Waals surface area (Å²) in [5.41, 5.74) is -0.00583. The number of benzene rings is 1. The summed E-state index contributed by atoms with van der Waals surface area (Å²) in [6.07, 6.45) is -0.0967. The summed E-state index contributed by atoms with van der Waals surface area (Å²) in [5.74, 6) is -1.40. The van der Waals surface area contributed by atoms with Crippen molar-refractivity contribution in [2.75, 3.05) is 19.7 Å². The normalized spacial score (nSPS) is 21.5. The zero-order chi connectivity index (χ0) is 14.5. The summed E-state index contributed by atoms with van der Waals surface area (Å²) >= 11 is 0. The molecule has 118 valence electrons. The van der Waals surface area contributed by atoms with Gasteiger partial charge in [-0.05, 0) is 25.5 Å². The SMILES string of the molecule is C[C@H]1OCCN[C@@H]1C(=O)NCCc1c(F)cccc1F.Cl. The minimum atomic E-state index is -0.591. The molecule has 1 heterocycles. The smallest absolute Gasteiger partial charge is 0.239 e. The van der Waals surface area contributed by atoms with E-state index in [1.165, 1.54) is 18.2 Å². The molecule has 1 saturated heterocycles. The van der Waals surface area contributed by atoms with Crippen LogP contribution in [0.1, 0.15) is 12.5 Å². The maximum atomic E-state index is 13.4. The van der Waals surface area contributed by atoms with Gasteiger partial charge in [-0.3, -0.25) is 4.79 Å². The van der Waals surface area contributed by atoms with E-state index in [-0.39, 0.29) is 42.9 Å². The van der Waals surface area contributed by atoms with Crippen LogP contribution in [0.15, 0.2) is 18.2 Å². The fourth-order valence-corrected chi connectivity index (χ4v) is 2.22. The Bertz CT molecular complexity index is 468. The highest BCUT2D eigenvalue weighted by molar-refractivity contribution is 5.85. The number of rotatable bonds is 4. The summed E-state index contributed by atoms with van der Waals surface area (Å²) in [6, 6.07) is 3.31. The fourth-order valence-electron chi connectivity index (χ4n) is 2.22. The lowest BCUT2D eigenvalue weighted by molar-refractivity contribution is -0.128. The van der Waals surface area contributed by atoms with Crippen molar-refractivity contribution in [3.05, 3.63) is 35.4 Å². The quantitative estimate of drug-likeness (QED) is 0.882. The minimum Gasteiger partial charge on any atom is -0.375 e. The summed E-state index contributed by atoms with van der Waals surface area (Å²) in [7, 11) is 0. The molecule has 2 N–H and O–H groups in total. The fraction of sp³-hybridized carbons (Fsp3) is 0.500. The number of carbonyl (C=O) groups excluding carboxylic acids is 1. The van der Waals surface area contributed by atoms with E-state index in [0.717, 1.165) is 0 Å². The average Bonchev–Trinajstić information content (AvgIpc) is 2.42. The molecule has 0 saturated carbocycles. The number of halogens is 3. The molecular formula is C14H19ClF2N2O2. The third kappa shape index (κ3) is 4.62.